The van der Waals surface area contributed by atoms with Crippen molar-refractivity contribution in [1.82, 2.24) is 0 Å². The molecule has 0 aromatic carbocycles. The van der Waals surface area contributed by atoms with Crippen LogP contribution in [0.3, 0.4) is 0 Å². The molecule has 0 heterocycles. The monoisotopic (exact) mass is 280 g/mol. The minimum absolute atomic E-state index is 0.0564. The molecule has 2 aliphatic rings. The lowest BCUT2D eigenvalue weighted by molar-refractivity contribution is -0.178. The lowest BCUT2D eigenvalue weighted by atomic mass is 9.47. The maximum absolute atomic E-state index is 11.7. The second-order valence-corrected chi connectivity index (χ2v) is 6.44. The van der Waals surface area contributed by atoms with E-state index >= 15 is 0 Å². The zero-order chi connectivity index (χ0) is 15.2. The van der Waals surface area contributed by atoms with Crippen LogP contribution in [0, 0.1) is 16.7 Å². The summed E-state index contributed by atoms with van der Waals surface area (Å²) in [4.78, 5) is 34.3. The third-order valence-corrected chi connectivity index (χ3v) is 5.60. The molecule has 0 radical (unpaired) electrons. The number of aliphatic carboxylic acids is 1. The number of carboxylic acid groups (broad SMARTS) is 1. The van der Waals surface area contributed by atoms with Crippen molar-refractivity contribution < 1.29 is 24.6 Å². The van der Waals surface area contributed by atoms with Crippen LogP contribution in [0.25, 0.3) is 0 Å². The smallest absolute Gasteiger partial charge is 0.309 e. The van der Waals surface area contributed by atoms with Gasteiger partial charge in [0.25, 0.3) is 0 Å². The van der Waals surface area contributed by atoms with Gasteiger partial charge in [-0.05, 0) is 32.1 Å². The Hall–Kier alpha value is -1.49. The highest BCUT2D eigenvalue weighted by molar-refractivity contribution is 5.88. The molecule has 5 heteroatoms. The van der Waals surface area contributed by atoms with Crippen LogP contribution in [0.5, 0.6) is 0 Å². The first-order valence-corrected chi connectivity index (χ1v) is 6.84. The molecule has 0 aliphatic heterocycles. The Morgan fingerprint density at radius 2 is 2.00 bits per heavy atom. The van der Waals surface area contributed by atoms with E-state index in [0.717, 1.165) is 0 Å². The van der Waals surface area contributed by atoms with Gasteiger partial charge in [0.1, 0.15) is 6.29 Å². The SMILES string of the molecule is CC1(C(=O)O)CCCC2(C)C1CC=C(C=O)C2(O)C=O. The Morgan fingerprint density at radius 1 is 1.35 bits per heavy atom. The van der Waals surface area contributed by atoms with Crippen LogP contribution in [0.15, 0.2) is 11.6 Å². The van der Waals surface area contributed by atoms with E-state index < -0.39 is 22.4 Å². The highest BCUT2D eigenvalue weighted by Gasteiger charge is 2.63. The molecule has 0 saturated heterocycles. The number of fused-ring (bicyclic) bond motifs is 1. The second kappa shape index (κ2) is 4.52. The van der Waals surface area contributed by atoms with E-state index in [1.807, 2.05) is 0 Å². The Labute approximate surface area is 117 Å². The number of rotatable bonds is 3. The van der Waals surface area contributed by atoms with Crippen LogP contribution >= 0.6 is 0 Å². The maximum Gasteiger partial charge on any atom is 0.309 e. The maximum atomic E-state index is 11.7. The molecule has 2 aliphatic carbocycles. The lowest BCUT2D eigenvalue weighted by Crippen LogP contribution is -2.62. The van der Waals surface area contributed by atoms with E-state index in [1.165, 1.54) is 6.08 Å². The summed E-state index contributed by atoms with van der Waals surface area (Å²) in [5.41, 5.74) is -3.75. The quantitative estimate of drug-likeness (QED) is 0.761. The number of hydrogen-bond acceptors (Lipinski definition) is 4. The summed E-state index contributed by atoms with van der Waals surface area (Å²) in [7, 11) is 0. The zero-order valence-electron chi connectivity index (χ0n) is 11.8. The standard InChI is InChI=1S/C15H20O5/c1-13(12(18)19)6-3-7-14(2)11(13)5-4-10(8-16)15(14,20)9-17/h4,8-9,11,20H,3,5-7H2,1-2H3,(H,18,19). The molecular weight excluding hydrogens is 260 g/mol. The summed E-state index contributed by atoms with van der Waals surface area (Å²) in [6.45, 7) is 3.39. The summed E-state index contributed by atoms with van der Waals surface area (Å²) >= 11 is 0. The number of allylic oxidation sites excluding steroid dienone is 1. The van der Waals surface area contributed by atoms with Gasteiger partial charge in [0, 0.05) is 11.0 Å². The van der Waals surface area contributed by atoms with E-state index in [4.69, 9.17) is 0 Å². The molecule has 110 valence electrons. The van der Waals surface area contributed by atoms with Gasteiger partial charge in [-0.15, -0.1) is 0 Å². The molecule has 0 aromatic rings. The van der Waals surface area contributed by atoms with Crippen molar-refractivity contribution in [1.29, 1.82) is 0 Å². The predicted molar refractivity (Wildman–Crippen MR) is 71.0 cm³/mol. The lowest BCUT2D eigenvalue weighted by Gasteiger charge is -2.57. The molecule has 20 heavy (non-hydrogen) atoms. The van der Waals surface area contributed by atoms with Crippen molar-refractivity contribution in [3.05, 3.63) is 11.6 Å². The van der Waals surface area contributed by atoms with Crippen molar-refractivity contribution in [2.24, 2.45) is 16.7 Å². The molecule has 0 amide bonds. The van der Waals surface area contributed by atoms with Gasteiger partial charge < -0.3 is 10.2 Å². The second-order valence-electron chi connectivity index (χ2n) is 6.44. The summed E-state index contributed by atoms with van der Waals surface area (Å²) in [6, 6.07) is 0. The van der Waals surface area contributed by atoms with E-state index in [2.05, 4.69) is 0 Å². The molecule has 4 atom stereocenters. The molecule has 4 unspecified atom stereocenters. The number of aliphatic hydroxyl groups is 1. The number of carbonyl (C=O) groups is 3. The molecule has 1 saturated carbocycles. The summed E-state index contributed by atoms with van der Waals surface area (Å²) in [5, 5.41) is 20.3. The highest BCUT2D eigenvalue weighted by atomic mass is 16.4. The van der Waals surface area contributed by atoms with E-state index in [0.29, 0.717) is 38.3 Å². The van der Waals surface area contributed by atoms with Gasteiger partial charge in [0.15, 0.2) is 11.9 Å². The first-order chi connectivity index (χ1) is 9.26. The fraction of sp³-hybridized carbons (Fsp3) is 0.667. The molecule has 1 fully saturated rings. The van der Waals surface area contributed by atoms with Crippen molar-refractivity contribution in [2.45, 2.75) is 45.1 Å². The highest BCUT2D eigenvalue weighted by Crippen LogP contribution is 2.60. The number of hydrogen-bond donors (Lipinski definition) is 2. The zero-order valence-corrected chi connectivity index (χ0v) is 11.8. The minimum Gasteiger partial charge on any atom is -0.481 e. The summed E-state index contributed by atoms with van der Waals surface area (Å²) < 4.78 is 0. The van der Waals surface area contributed by atoms with Crippen molar-refractivity contribution >= 4 is 18.5 Å². The van der Waals surface area contributed by atoms with Crippen LogP contribution in [0.2, 0.25) is 0 Å². The number of carboxylic acids is 1. The van der Waals surface area contributed by atoms with Gasteiger partial charge in [-0.3, -0.25) is 14.4 Å². The van der Waals surface area contributed by atoms with Crippen LogP contribution < -0.4 is 0 Å². The molecule has 2 N–H and O–H groups in total. The molecule has 2 rings (SSSR count). The third kappa shape index (κ3) is 1.62. The van der Waals surface area contributed by atoms with Crippen LogP contribution in [-0.2, 0) is 14.4 Å². The molecule has 0 bridgehead atoms. The Bertz CT molecular complexity index is 496. The van der Waals surface area contributed by atoms with Crippen LogP contribution in [-0.4, -0.2) is 34.4 Å². The molecular formula is C15H20O5. The van der Waals surface area contributed by atoms with Gasteiger partial charge in [-0.25, -0.2) is 0 Å². The normalized spacial score (nSPS) is 44.1. The topological polar surface area (TPSA) is 91.7 Å². The largest absolute Gasteiger partial charge is 0.481 e. The first-order valence-electron chi connectivity index (χ1n) is 6.84. The van der Waals surface area contributed by atoms with Gasteiger partial charge >= 0.3 is 5.97 Å². The Balaban J connectivity index is 2.61. The first kappa shape index (κ1) is 14.9. The third-order valence-electron chi connectivity index (χ3n) is 5.60. The Kier molecular flexibility index (Phi) is 3.37. The Morgan fingerprint density at radius 3 is 2.50 bits per heavy atom. The van der Waals surface area contributed by atoms with Crippen LogP contribution in [0.1, 0.15) is 39.5 Å². The van der Waals surface area contributed by atoms with Gasteiger partial charge in [0.2, 0.25) is 0 Å². The van der Waals surface area contributed by atoms with Crippen LogP contribution in [0.4, 0.5) is 0 Å². The van der Waals surface area contributed by atoms with Gasteiger partial charge in [-0.2, -0.15) is 0 Å². The number of aldehydes is 2. The average Bonchev–Trinajstić information content (AvgIpc) is 2.40. The van der Waals surface area contributed by atoms with Crippen molar-refractivity contribution in [3.8, 4) is 0 Å². The summed E-state index contributed by atoms with van der Waals surface area (Å²) in [6.07, 6.45) is 4.46. The molecule has 0 spiro atoms. The fourth-order valence-electron chi connectivity index (χ4n) is 4.18. The van der Waals surface area contributed by atoms with Crippen molar-refractivity contribution in [3.63, 3.8) is 0 Å². The predicted octanol–water partition coefficient (Wildman–Crippen LogP) is 1.34. The van der Waals surface area contributed by atoms with Gasteiger partial charge in [-0.1, -0.05) is 19.4 Å². The van der Waals surface area contributed by atoms with Crippen molar-refractivity contribution in [2.75, 3.05) is 0 Å². The van der Waals surface area contributed by atoms with E-state index in [1.54, 1.807) is 13.8 Å². The average molecular weight is 280 g/mol. The fourth-order valence-corrected chi connectivity index (χ4v) is 4.18. The van der Waals surface area contributed by atoms with E-state index in [9.17, 15) is 24.6 Å². The molecule has 5 nitrogen and oxygen atoms in total. The number of carbonyl (C=O) groups excluding carboxylic acids is 2. The molecule has 0 aromatic heterocycles. The van der Waals surface area contributed by atoms with Gasteiger partial charge in [0.05, 0.1) is 5.41 Å². The van der Waals surface area contributed by atoms with E-state index in [-0.39, 0.29) is 11.5 Å². The minimum atomic E-state index is -1.89. The summed E-state index contributed by atoms with van der Waals surface area (Å²) in [5.74, 6) is -1.29.